The van der Waals surface area contributed by atoms with Crippen molar-refractivity contribution in [3.8, 4) is 11.5 Å². The molecular formula is C7H8N6. The molecule has 2 rings (SSSR count). The number of aromatic nitrogens is 5. The van der Waals surface area contributed by atoms with Crippen molar-refractivity contribution in [1.82, 2.24) is 25.0 Å². The summed E-state index contributed by atoms with van der Waals surface area (Å²) in [5.41, 5.74) is 6.62. The zero-order chi connectivity index (χ0) is 9.26. The fourth-order valence-corrected chi connectivity index (χ4v) is 0.920. The SMILES string of the molecule is Cn1cc(-c2ncc(N)cn2)nn1. The Kier molecular flexibility index (Phi) is 1.66. The van der Waals surface area contributed by atoms with Crippen LogP contribution in [0, 0.1) is 0 Å². The van der Waals surface area contributed by atoms with Crippen molar-refractivity contribution >= 4 is 5.69 Å². The summed E-state index contributed by atoms with van der Waals surface area (Å²) in [4.78, 5) is 8.02. The molecule has 0 aliphatic rings. The van der Waals surface area contributed by atoms with Gasteiger partial charge in [-0.15, -0.1) is 5.10 Å². The molecule has 6 nitrogen and oxygen atoms in total. The van der Waals surface area contributed by atoms with E-state index in [9.17, 15) is 0 Å². The van der Waals surface area contributed by atoms with Crippen LogP contribution in [0.15, 0.2) is 18.6 Å². The molecule has 66 valence electrons. The molecule has 0 aromatic carbocycles. The summed E-state index contributed by atoms with van der Waals surface area (Å²) in [5.74, 6) is 0.530. The van der Waals surface area contributed by atoms with Gasteiger partial charge in [0.2, 0.25) is 0 Å². The van der Waals surface area contributed by atoms with E-state index in [2.05, 4.69) is 20.3 Å². The fourth-order valence-electron chi connectivity index (χ4n) is 0.920. The second-order valence-electron chi connectivity index (χ2n) is 2.62. The Morgan fingerprint density at radius 1 is 1.31 bits per heavy atom. The van der Waals surface area contributed by atoms with Gasteiger partial charge in [-0.2, -0.15) is 0 Å². The van der Waals surface area contributed by atoms with E-state index in [-0.39, 0.29) is 0 Å². The highest BCUT2D eigenvalue weighted by molar-refractivity contribution is 5.48. The van der Waals surface area contributed by atoms with Gasteiger partial charge in [-0.25, -0.2) is 9.97 Å². The minimum atomic E-state index is 0.530. The van der Waals surface area contributed by atoms with E-state index in [1.807, 2.05) is 0 Å². The number of nitrogens with two attached hydrogens (primary N) is 1. The van der Waals surface area contributed by atoms with Gasteiger partial charge >= 0.3 is 0 Å². The lowest BCUT2D eigenvalue weighted by Crippen LogP contribution is -1.92. The van der Waals surface area contributed by atoms with Crippen molar-refractivity contribution in [2.45, 2.75) is 0 Å². The van der Waals surface area contributed by atoms with Crippen LogP contribution in [-0.4, -0.2) is 25.0 Å². The lowest BCUT2D eigenvalue weighted by atomic mass is 10.4. The largest absolute Gasteiger partial charge is 0.396 e. The van der Waals surface area contributed by atoms with Gasteiger partial charge in [0.25, 0.3) is 0 Å². The number of hydrogen-bond donors (Lipinski definition) is 1. The van der Waals surface area contributed by atoms with Crippen LogP contribution < -0.4 is 5.73 Å². The van der Waals surface area contributed by atoms with E-state index in [0.29, 0.717) is 17.2 Å². The van der Waals surface area contributed by atoms with E-state index in [1.54, 1.807) is 17.9 Å². The summed E-state index contributed by atoms with van der Waals surface area (Å²) >= 11 is 0. The molecule has 0 fully saturated rings. The van der Waals surface area contributed by atoms with Crippen molar-refractivity contribution in [1.29, 1.82) is 0 Å². The highest BCUT2D eigenvalue weighted by Crippen LogP contribution is 2.09. The lowest BCUT2D eigenvalue weighted by molar-refractivity contribution is 0.715. The minimum absolute atomic E-state index is 0.530. The van der Waals surface area contributed by atoms with Gasteiger partial charge in [-0.1, -0.05) is 5.21 Å². The average molecular weight is 176 g/mol. The molecule has 13 heavy (non-hydrogen) atoms. The van der Waals surface area contributed by atoms with Crippen molar-refractivity contribution in [2.75, 3.05) is 5.73 Å². The molecule has 0 saturated carbocycles. The smallest absolute Gasteiger partial charge is 0.181 e. The number of hydrogen-bond acceptors (Lipinski definition) is 5. The Balaban J connectivity index is 2.41. The summed E-state index contributed by atoms with van der Waals surface area (Å²) < 4.78 is 1.59. The molecular weight excluding hydrogens is 168 g/mol. The molecule has 2 heterocycles. The molecule has 0 atom stereocenters. The molecule has 2 N–H and O–H groups in total. The average Bonchev–Trinajstić information content (AvgIpc) is 2.53. The van der Waals surface area contributed by atoms with E-state index < -0.39 is 0 Å². The maximum absolute atomic E-state index is 5.44. The molecule has 2 aromatic heterocycles. The van der Waals surface area contributed by atoms with Gasteiger partial charge < -0.3 is 5.73 Å². The molecule has 0 amide bonds. The predicted molar refractivity (Wildman–Crippen MR) is 46.4 cm³/mol. The van der Waals surface area contributed by atoms with Crippen molar-refractivity contribution in [2.24, 2.45) is 7.05 Å². The van der Waals surface area contributed by atoms with Crippen molar-refractivity contribution in [3.63, 3.8) is 0 Å². The van der Waals surface area contributed by atoms with Crippen LogP contribution in [-0.2, 0) is 7.05 Å². The molecule has 2 aromatic rings. The monoisotopic (exact) mass is 176 g/mol. The first-order chi connectivity index (χ1) is 6.25. The first-order valence-corrected chi connectivity index (χ1v) is 3.70. The lowest BCUT2D eigenvalue weighted by Gasteiger charge is -1.93. The summed E-state index contributed by atoms with van der Waals surface area (Å²) in [6.07, 6.45) is 4.82. The van der Waals surface area contributed by atoms with Gasteiger partial charge in [0.1, 0.15) is 5.69 Å². The van der Waals surface area contributed by atoms with E-state index in [1.165, 1.54) is 12.4 Å². The Bertz CT molecular complexity index is 403. The van der Waals surface area contributed by atoms with Gasteiger partial charge in [-0.3, -0.25) is 4.68 Å². The van der Waals surface area contributed by atoms with Gasteiger partial charge in [0.05, 0.1) is 24.3 Å². The quantitative estimate of drug-likeness (QED) is 0.653. The van der Waals surface area contributed by atoms with Crippen LogP contribution in [0.1, 0.15) is 0 Å². The number of aryl methyl sites for hydroxylation is 1. The topological polar surface area (TPSA) is 82.5 Å². The van der Waals surface area contributed by atoms with Crippen LogP contribution in [0.3, 0.4) is 0 Å². The number of anilines is 1. The molecule has 0 aliphatic carbocycles. The Hall–Kier alpha value is -1.98. The summed E-state index contributed by atoms with van der Waals surface area (Å²) in [5, 5.41) is 7.63. The zero-order valence-electron chi connectivity index (χ0n) is 7.05. The van der Waals surface area contributed by atoms with Crippen LogP contribution in [0.2, 0.25) is 0 Å². The van der Waals surface area contributed by atoms with Gasteiger partial charge in [-0.05, 0) is 0 Å². The van der Waals surface area contributed by atoms with E-state index in [4.69, 9.17) is 5.73 Å². The Labute approximate surface area is 74.4 Å². The highest BCUT2D eigenvalue weighted by atomic mass is 15.4. The standard InChI is InChI=1S/C7H8N6/c1-13-4-6(11-12-13)7-9-2-5(8)3-10-7/h2-4H,8H2,1H3. The maximum Gasteiger partial charge on any atom is 0.181 e. The highest BCUT2D eigenvalue weighted by Gasteiger charge is 2.03. The van der Waals surface area contributed by atoms with Crippen molar-refractivity contribution in [3.05, 3.63) is 18.6 Å². The van der Waals surface area contributed by atoms with Crippen LogP contribution in [0.25, 0.3) is 11.5 Å². The fraction of sp³-hybridized carbons (Fsp3) is 0.143. The Morgan fingerprint density at radius 2 is 2.00 bits per heavy atom. The number of nitrogens with zero attached hydrogens (tertiary/aromatic N) is 5. The minimum Gasteiger partial charge on any atom is -0.396 e. The van der Waals surface area contributed by atoms with Crippen molar-refractivity contribution < 1.29 is 0 Å². The van der Waals surface area contributed by atoms with Crippen LogP contribution >= 0.6 is 0 Å². The van der Waals surface area contributed by atoms with E-state index in [0.717, 1.165) is 0 Å². The molecule has 6 heteroatoms. The number of nitrogen functional groups attached to an aromatic ring is 1. The second-order valence-corrected chi connectivity index (χ2v) is 2.62. The molecule has 0 unspecified atom stereocenters. The maximum atomic E-state index is 5.44. The normalized spacial score (nSPS) is 10.2. The van der Waals surface area contributed by atoms with Gasteiger partial charge in [0.15, 0.2) is 5.82 Å². The summed E-state index contributed by atoms with van der Waals surface area (Å²) in [6, 6.07) is 0. The third kappa shape index (κ3) is 1.46. The first kappa shape index (κ1) is 7.66. The van der Waals surface area contributed by atoms with Crippen LogP contribution in [0.4, 0.5) is 5.69 Å². The zero-order valence-corrected chi connectivity index (χ0v) is 7.05. The second kappa shape index (κ2) is 2.81. The number of rotatable bonds is 1. The first-order valence-electron chi connectivity index (χ1n) is 3.70. The Morgan fingerprint density at radius 3 is 2.54 bits per heavy atom. The molecule has 0 saturated heterocycles. The summed E-state index contributed by atoms with van der Waals surface area (Å²) in [7, 11) is 1.79. The van der Waals surface area contributed by atoms with Crippen LogP contribution in [0.5, 0.6) is 0 Å². The third-order valence-corrected chi connectivity index (χ3v) is 1.50. The van der Waals surface area contributed by atoms with Gasteiger partial charge in [0, 0.05) is 7.05 Å². The predicted octanol–water partition coefficient (Wildman–Crippen LogP) is -0.146. The summed E-state index contributed by atoms with van der Waals surface area (Å²) in [6.45, 7) is 0. The molecule has 0 radical (unpaired) electrons. The van der Waals surface area contributed by atoms with E-state index >= 15 is 0 Å². The molecule has 0 spiro atoms. The molecule has 0 bridgehead atoms. The molecule has 0 aliphatic heterocycles. The third-order valence-electron chi connectivity index (χ3n) is 1.50.